The van der Waals surface area contributed by atoms with Gasteiger partial charge < -0.3 is 13.7 Å². The highest BCUT2D eigenvalue weighted by atomic mass is 32.2. The van der Waals surface area contributed by atoms with Gasteiger partial charge >= 0.3 is 0 Å². The van der Waals surface area contributed by atoms with Gasteiger partial charge in [-0.25, -0.2) is 4.39 Å². The molecule has 1 unspecified atom stereocenters. The fourth-order valence-corrected chi connectivity index (χ4v) is 3.75. The summed E-state index contributed by atoms with van der Waals surface area (Å²) in [6.07, 6.45) is 0. The van der Waals surface area contributed by atoms with E-state index < -0.39 is 30.5 Å². The van der Waals surface area contributed by atoms with E-state index in [0.29, 0.717) is 17.9 Å². The lowest BCUT2D eigenvalue weighted by Gasteiger charge is -2.37. The number of halogens is 1. The van der Waals surface area contributed by atoms with E-state index in [0.717, 1.165) is 0 Å². The van der Waals surface area contributed by atoms with Crippen LogP contribution >= 0.6 is 0 Å². The molecule has 0 spiro atoms. The Hall–Kier alpha value is -0.603. The minimum absolute atomic E-state index is 0.0559. The van der Waals surface area contributed by atoms with Crippen LogP contribution in [0.4, 0.5) is 4.39 Å². The molecule has 7 heteroatoms. The number of hydrogen-bond acceptors (Lipinski definition) is 4. The Labute approximate surface area is 162 Å². The fraction of sp³-hybridized carbons (Fsp3) is 0.684. The number of methoxy groups -OCH3 is 1. The highest BCUT2D eigenvalue weighted by Crippen LogP contribution is 2.37. The topological polar surface area (TPSA) is 53.5 Å². The Balaban J connectivity index is 3.13. The van der Waals surface area contributed by atoms with Gasteiger partial charge in [0.15, 0.2) is 8.32 Å². The molecule has 0 aliphatic rings. The monoisotopic (exact) mass is 403 g/mol. The fourth-order valence-electron chi connectivity index (χ4n) is 1.92. The van der Waals surface area contributed by atoms with E-state index in [1.807, 2.05) is 20.8 Å². The van der Waals surface area contributed by atoms with Crippen molar-refractivity contribution < 1.29 is 18.1 Å². The SMILES string of the molecule is COc1cc(F)cc([C@@H](CO[Si](C)(C)C(C)(C)C)N[S+]([O-])C(C)(C)C)c1. The molecule has 0 heterocycles. The quantitative estimate of drug-likeness (QED) is 0.517. The molecule has 0 aliphatic heterocycles. The van der Waals surface area contributed by atoms with Crippen LogP contribution in [-0.2, 0) is 15.8 Å². The van der Waals surface area contributed by atoms with Crippen LogP contribution in [0.15, 0.2) is 18.2 Å². The lowest BCUT2D eigenvalue weighted by atomic mass is 10.1. The average molecular weight is 404 g/mol. The number of ether oxygens (including phenoxy) is 1. The molecule has 26 heavy (non-hydrogen) atoms. The van der Waals surface area contributed by atoms with Crippen molar-refractivity contribution in [1.82, 2.24) is 4.72 Å². The van der Waals surface area contributed by atoms with Crippen molar-refractivity contribution in [2.45, 2.75) is 70.5 Å². The van der Waals surface area contributed by atoms with Gasteiger partial charge in [0.25, 0.3) is 0 Å². The largest absolute Gasteiger partial charge is 0.598 e. The van der Waals surface area contributed by atoms with E-state index in [9.17, 15) is 8.94 Å². The van der Waals surface area contributed by atoms with E-state index in [-0.39, 0.29) is 10.9 Å². The smallest absolute Gasteiger partial charge is 0.192 e. The first-order valence-corrected chi connectivity index (χ1v) is 12.9. The second-order valence-corrected chi connectivity index (χ2v) is 15.9. The van der Waals surface area contributed by atoms with E-state index in [2.05, 4.69) is 38.6 Å². The lowest BCUT2D eigenvalue weighted by Crippen LogP contribution is -2.46. The van der Waals surface area contributed by atoms with E-state index >= 15 is 0 Å². The molecule has 0 bridgehead atoms. The second kappa shape index (κ2) is 8.60. The van der Waals surface area contributed by atoms with Crippen LogP contribution in [0.3, 0.4) is 0 Å². The molecule has 4 nitrogen and oxygen atoms in total. The molecule has 1 N–H and O–H groups in total. The van der Waals surface area contributed by atoms with E-state index in [4.69, 9.17) is 9.16 Å². The Morgan fingerprint density at radius 2 is 1.73 bits per heavy atom. The Kier molecular flexibility index (Phi) is 7.76. The summed E-state index contributed by atoms with van der Waals surface area (Å²) in [5, 5.41) is 0.0559. The number of hydrogen-bond donors (Lipinski definition) is 1. The van der Waals surface area contributed by atoms with Crippen molar-refractivity contribution in [1.29, 1.82) is 0 Å². The van der Waals surface area contributed by atoms with Crippen LogP contribution in [0.1, 0.15) is 53.1 Å². The van der Waals surface area contributed by atoms with Crippen molar-refractivity contribution in [2.75, 3.05) is 13.7 Å². The summed E-state index contributed by atoms with van der Waals surface area (Å²) in [6.45, 7) is 16.8. The summed E-state index contributed by atoms with van der Waals surface area (Å²) < 4.78 is 40.8. The van der Waals surface area contributed by atoms with Gasteiger partial charge in [0, 0.05) is 17.4 Å². The highest BCUT2D eigenvalue weighted by Gasteiger charge is 2.38. The van der Waals surface area contributed by atoms with Gasteiger partial charge in [-0.1, -0.05) is 20.8 Å². The zero-order valence-corrected chi connectivity index (χ0v) is 19.3. The van der Waals surface area contributed by atoms with Crippen LogP contribution in [-0.4, -0.2) is 31.3 Å². The molecule has 0 saturated carbocycles. The minimum atomic E-state index is -2.00. The first kappa shape index (κ1) is 23.4. The summed E-state index contributed by atoms with van der Waals surface area (Å²) >= 11 is -1.31. The lowest BCUT2D eigenvalue weighted by molar-refractivity contribution is 0.255. The zero-order chi connectivity index (χ0) is 20.3. The molecule has 0 aromatic heterocycles. The maximum absolute atomic E-state index is 14.0. The maximum Gasteiger partial charge on any atom is 0.192 e. The maximum atomic E-state index is 14.0. The predicted octanol–water partition coefficient (Wildman–Crippen LogP) is 4.95. The zero-order valence-electron chi connectivity index (χ0n) is 17.5. The summed E-state index contributed by atoms with van der Waals surface area (Å²) in [5.41, 5.74) is 0.665. The molecule has 0 radical (unpaired) electrons. The van der Waals surface area contributed by atoms with Crippen molar-refractivity contribution in [2.24, 2.45) is 0 Å². The Morgan fingerprint density at radius 3 is 2.19 bits per heavy atom. The van der Waals surface area contributed by atoms with Gasteiger partial charge in [-0.2, -0.15) is 0 Å². The Morgan fingerprint density at radius 1 is 1.15 bits per heavy atom. The van der Waals surface area contributed by atoms with Crippen LogP contribution in [0.5, 0.6) is 5.75 Å². The minimum Gasteiger partial charge on any atom is -0.598 e. The van der Waals surface area contributed by atoms with Crippen LogP contribution in [0, 0.1) is 5.82 Å². The van der Waals surface area contributed by atoms with Crippen molar-refractivity contribution in [3.05, 3.63) is 29.6 Å². The molecular formula is C19H34FNO3SSi. The molecule has 0 amide bonds. The molecule has 1 aromatic rings. The van der Waals surface area contributed by atoms with Crippen LogP contribution in [0.2, 0.25) is 18.1 Å². The van der Waals surface area contributed by atoms with Crippen molar-refractivity contribution in [3.8, 4) is 5.75 Å². The Bertz CT molecular complexity index is 599. The number of rotatable bonds is 7. The summed E-state index contributed by atoms with van der Waals surface area (Å²) in [6, 6.07) is 4.13. The van der Waals surface area contributed by atoms with Gasteiger partial charge in [0.1, 0.15) is 16.3 Å². The van der Waals surface area contributed by atoms with Crippen molar-refractivity contribution in [3.63, 3.8) is 0 Å². The average Bonchev–Trinajstić information content (AvgIpc) is 2.48. The molecule has 1 aromatic carbocycles. The van der Waals surface area contributed by atoms with E-state index in [1.165, 1.54) is 19.2 Å². The van der Waals surface area contributed by atoms with Gasteiger partial charge in [-0.15, -0.1) is 4.72 Å². The van der Waals surface area contributed by atoms with Crippen molar-refractivity contribution >= 4 is 19.7 Å². The van der Waals surface area contributed by atoms with Gasteiger partial charge in [0.2, 0.25) is 0 Å². The highest BCUT2D eigenvalue weighted by molar-refractivity contribution is 7.90. The standard InChI is InChI=1S/C19H34FNO3SSi/c1-18(2,3)25(22)21-17(13-24-26(8,9)19(4,5)6)14-10-15(20)12-16(11-14)23-7/h10-12,17,21H,13H2,1-9H3/t17-,25?/m1/s1. The number of benzene rings is 1. The van der Waals surface area contributed by atoms with Crippen LogP contribution < -0.4 is 9.46 Å². The molecular weight excluding hydrogens is 369 g/mol. The molecule has 0 saturated heterocycles. The summed E-state index contributed by atoms with van der Waals surface area (Å²) in [7, 11) is -0.497. The predicted molar refractivity (Wildman–Crippen MR) is 110 cm³/mol. The first-order chi connectivity index (χ1) is 11.7. The summed E-state index contributed by atoms with van der Waals surface area (Å²) in [4.78, 5) is 0. The molecule has 2 atom stereocenters. The second-order valence-electron chi connectivity index (χ2n) is 9.05. The first-order valence-electron chi connectivity index (χ1n) is 8.84. The molecule has 0 fully saturated rings. The van der Waals surface area contributed by atoms with E-state index in [1.54, 1.807) is 6.07 Å². The molecule has 150 valence electrons. The third-order valence-electron chi connectivity index (χ3n) is 4.75. The van der Waals surface area contributed by atoms with Crippen LogP contribution in [0.25, 0.3) is 0 Å². The molecule has 0 aliphatic carbocycles. The van der Waals surface area contributed by atoms with Gasteiger partial charge in [-0.05, 0) is 56.6 Å². The van der Waals surface area contributed by atoms with Gasteiger partial charge in [0.05, 0.1) is 19.8 Å². The summed E-state index contributed by atoms with van der Waals surface area (Å²) in [5.74, 6) is 0.0423. The number of nitrogens with one attached hydrogen (secondary N) is 1. The van der Waals surface area contributed by atoms with Gasteiger partial charge in [-0.3, -0.25) is 0 Å². The normalized spacial score (nSPS) is 15.7. The third kappa shape index (κ3) is 6.53. The third-order valence-corrected chi connectivity index (χ3v) is 10.9. The molecule has 1 rings (SSSR count).